The number of sulfone groups is 1. The predicted molar refractivity (Wildman–Crippen MR) is 100 cm³/mol. The smallest absolute Gasteiger partial charge is 0.304 e. The number of hydrogen-bond acceptors (Lipinski definition) is 6. The standard InChI is InChI=1S/C19H19F3N2O5S/c20-16(21)17(22)29-13-3-1-12(2-4-13)15-6-5-14(11-24-15)30(26,27)19(18(23)25)7-9-28-10-8-19/h1-6,11,16-17H,7-10H2,(H2,23,25). The minimum atomic E-state index is -4.10. The van der Waals surface area contributed by atoms with Crippen molar-refractivity contribution in [2.24, 2.45) is 5.73 Å². The van der Waals surface area contributed by atoms with Gasteiger partial charge in [-0.05, 0) is 49.2 Å². The first-order valence-electron chi connectivity index (χ1n) is 8.95. The van der Waals surface area contributed by atoms with Crippen LogP contribution in [0.2, 0.25) is 0 Å². The highest BCUT2D eigenvalue weighted by atomic mass is 32.2. The summed E-state index contributed by atoms with van der Waals surface area (Å²) in [5.41, 5.74) is 6.34. The molecule has 2 heterocycles. The molecule has 1 unspecified atom stereocenters. The van der Waals surface area contributed by atoms with E-state index in [4.69, 9.17) is 10.5 Å². The fourth-order valence-electron chi connectivity index (χ4n) is 3.17. The maximum absolute atomic E-state index is 13.1. The van der Waals surface area contributed by atoms with Crippen LogP contribution in [0.5, 0.6) is 5.75 Å². The Morgan fingerprint density at radius 2 is 1.73 bits per heavy atom. The molecule has 0 saturated carbocycles. The van der Waals surface area contributed by atoms with E-state index in [0.29, 0.717) is 11.3 Å². The van der Waals surface area contributed by atoms with E-state index >= 15 is 0 Å². The molecule has 1 aliphatic heterocycles. The summed E-state index contributed by atoms with van der Waals surface area (Å²) in [7, 11) is -4.10. The molecule has 1 amide bonds. The summed E-state index contributed by atoms with van der Waals surface area (Å²) in [6, 6.07) is 8.27. The molecule has 1 aromatic carbocycles. The van der Waals surface area contributed by atoms with Crippen LogP contribution in [0.1, 0.15) is 12.8 Å². The summed E-state index contributed by atoms with van der Waals surface area (Å²) in [5.74, 6) is -1.02. The largest absolute Gasteiger partial charge is 0.454 e. The quantitative estimate of drug-likeness (QED) is 0.703. The zero-order valence-electron chi connectivity index (χ0n) is 15.6. The molecule has 1 fully saturated rings. The fourth-order valence-corrected chi connectivity index (χ4v) is 5.03. The summed E-state index contributed by atoms with van der Waals surface area (Å²) < 4.78 is 71.4. The van der Waals surface area contributed by atoms with E-state index in [1.54, 1.807) is 0 Å². The van der Waals surface area contributed by atoms with Crippen molar-refractivity contribution in [3.8, 4) is 17.0 Å². The van der Waals surface area contributed by atoms with E-state index in [2.05, 4.69) is 9.72 Å². The van der Waals surface area contributed by atoms with Crippen molar-refractivity contribution in [3.05, 3.63) is 42.6 Å². The summed E-state index contributed by atoms with van der Waals surface area (Å²) in [5, 5.41) is 0. The second kappa shape index (κ2) is 8.60. The van der Waals surface area contributed by atoms with Gasteiger partial charge in [0.2, 0.25) is 5.91 Å². The average Bonchev–Trinajstić information content (AvgIpc) is 2.74. The van der Waals surface area contributed by atoms with Gasteiger partial charge in [-0.1, -0.05) is 0 Å². The van der Waals surface area contributed by atoms with Crippen LogP contribution in [0.15, 0.2) is 47.5 Å². The van der Waals surface area contributed by atoms with Gasteiger partial charge in [0.1, 0.15) is 5.75 Å². The van der Waals surface area contributed by atoms with Crippen LogP contribution in [-0.4, -0.2) is 50.1 Å². The van der Waals surface area contributed by atoms with Gasteiger partial charge in [-0.2, -0.15) is 4.39 Å². The number of nitrogens with two attached hydrogens (primary N) is 1. The van der Waals surface area contributed by atoms with Gasteiger partial charge < -0.3 is 15.2 Å². The molecule has 1 aromatic heterocycles. The Kier molecular flexibility index (Phi) is 6.32. The molecule has 1 saturated heterocycles. The van der Waals surface area contributed by atoms with E-state index in [0.717, 1.165) is 6.20 Å². The molecule has 0 bridgehead atoms. The molecule has 11 heteroatoms. The number of aromatic nitrogens is 1. The van der Waals surface area contributed by atoms with Crippen molar-refractivity contribution < 1.29 is 35.9 Å². The normalized spacial score (nSPS) is 17.5. The third-order valence-corrected chi connectivity index (χ3v) is 7.41. The zero-order valence-corrected chi connectivity index (χ0v) is 16.4. The van der Waals surface area contributed by atoms with Crippen molar-refractivity contribution >= 4 is 15.7 Å². The van der Waals surface area contributed by atoms with Crippen molar-refractivity contribution in [1.29, 1.82) is 0 Å². The Balaban J connectivity index is 1.83. The molecule has 7 nitrogen and oxygen atoms in total. The van der Waals surface area contributed by atoms with Gasteiger partial charge >= 0.3 is 6.43 Å². The molecule has 1 aliphatic rings. The number of alkyl halides is 3. The lowest BCUT2D eigenvalue weighted by Crippen LogP contribution is -2.53. The molecule has 30 heavy (non-hydrogen) atoms. The van der Waals surface area contributed by atoms with Gasteiger partial charge in [0.25, 0.3) is 6.36 Å². The number of amides is 1. The zero-order chi connectivity index (χ0) is 21.9. The van der Waals surface area contributed by atoms with Crippen molar-refractivity contribution in [2.45, 2.75) is 35.3 Å². The van der Waals surface area contributed by atoms with E-state index in [1.807, 2.05) is 0 Å². The van der Waals surface area contributed by atoms with Crippen LogP contribution in [0.4, 0.5) is 13.2 Å². The molecule has 2 N–H and O–H groups in total. The second-order valence-electron chi connectivity index (χ2n) is 6.68. The van der Waals surface area contributed by atoms with Crippen LogP contribution in [0.3, 0.4) is 0 Å². The Labute approximate surface area is 170 Å². The van der Waals surface area contributed by atoms with Crippen LogP contribution < -0.4 is 10.5 Å². The van der Waals surface area contributed by atoms with Gasteiger partial charge in [0.05, 0.1) is 10.6 Å². The number of rotatable bonds is 7. The molecular formula is C19H19F3N2O5S. The summed E-state index contributed by atoms with van der Waals surface area (Å²) in [6.45, 7) is 0.209. The number of nitrogens with zero attached hydrogens (tertiary/aromatic N) is 1. The molecule has 1 atom stereocenters. The van der Waals surface area contributed by atoms with Crippen molar-refractivity contribution in [1.82, 2.24) is 4.98 Å². The molecular weight excluding hydrogens is 425 g/mol. The minimum Gasteiger partial charge on any atom is -0.454 e. The molecule has 162 valence electrons. The Bertz CT molecular complexity index is 992. The fraction of sp³-hybridized carbons (Fsp3) is 0.368. The first kappa shape index (κ1) is 22.0. The van der Waals surface area contributed by atoms with Gasteiger partial charge in [0, 0.05) is 25.0 Å². The number of hydrogen-bond donors (Lipinski definition) is 1. The number of carbonyl (C=O) groups is 1. The lowest BCUT2D eigenvalue weighted by atomic mass is 9.98. The number of pyridine rings is 1. The molecule has 0 radical (unpaired) electrons. The number of ether oxygens (including phenoxy) is 2. The first-order valence-corrected chi connectivity index (χ1v) is 10.4. The first-order chi connectivity index (χ1) is 14.2. The average molecular weight is 444 g/mol. The monoisotopic (exact) mass is 444 g/mol. The van der Waals surface area contributed by atoms with Crippen LogP contribution >= 0.6 is 0 Å². The van der Waals surface area contributed by atoms with Crippen LogP contribution in [0.25, 0.3) is 11.3 Å². The van der Waals surface area contributed by atoms with Gasteiger partial charge in [-0.3, -0.25) is 9.78 Å². The lowest BCUT2D eigenvalue weighted by Gasteiger charge is -2.33. The van der Waals surface area contributed by atoms with Gasteiger partial charge in [-0.15, -0.1) is 0 Å². The predicted octanol–water partition coefficient (Wildman–Crippen LogP) is 2.50. The summed E-state index contributed by atoms with van der Waals surface area (Å²) in [4.78, 5) is 16.0. The number of primary amides is 1. The summed E-state index contributed by atoms with van der Waals surface area (Å²) >= 11 is 0. The van der Waals surface area contributed by atoms with E-state index < -0.39 is 33.3 Å². The van der Waals surface area contributed by atoms with Crippen LogP contribution in [0, 0.1) is 0 Å². The second-order valence-corrected chi connectivity index (χ2v) is 8.94. The molecule has 3 rings (SSSR count). The van der Waals surface area contributed by atoms with Gasteiger partial charge in [0.15, 0.2) is 14.6 Å². The lowest BCUT2D eigenvalue weighted by molar-refractivity contribution is -0.122. The Morgan fingerprint density at radius 3 is 2.23 bits per heavy atom. The minimum absolute atomic E-state index is 0.0396. The van der Waals surface area contributed by atoms with Gasteiger partial charge in [-0.25, -0.2) is 17.2 Å². The highest BCUT2D eigenvalue weighted by molar-refractivity contribution is 7.93. The van der Waals surface area contributed by atoms with E-state index in [-0.39, 0.29) is 36.7 Å². The van der Waals surface area contributed by atoms with Crippen molar-refractivity contribution in [3.63, 3.8) is 0 Å². The third kappa shape index (κ3) is 4.12. The van der Waals surface area contributed by atoms with Crippen molar-refractivity contribution in [2.75, 3.05) is 13.2 Å². The SMILES string of the molecule is NC(=O)C1(S(=O)(=O)c2ccc(-c3ccc(OC(F)C(F)F)cc3)nc2)CCOCC1. The number of benzene rings is 1. The third-order valence-electron chi connectivity index (χ3n) is 4.91. The Morgan fingerprint density at radius 1 is 1.10 bits per heavy atom. The highest BCUT2D eigenvalue weighted by Crippen LogP contribution is 2.35. The number of carbonyl (C=O) groups excluding carboxylic acids is 1. The molecule has 0 spiro atoms. The molecule has 2 aromatic rings. The van der Waals surface area contributed by atoms with E-state index in [1.165, 1.54) is 36.4 Å². The molecule has 0 aliphatic carbocycles. The maximum atomic E-state index is 13.1. The van der Waals surface area contributed by atoms with Crippen LogP contribution in [-0.2, 0) is 19.4 Å². The van der Waals surface area contributed by atoms with E-state index in [9.17, 15) is 26.4 Å². The maximum Gasteiger partial charge on any atom is 0.304 e. The Hall–Kier alpha value is -2.66. The number of halogens is 3. The topological polar surface area (TPSA) is 109 Å². The highest BCUT2D eigenvalue weighted by Gasteiger charge is 2.51. The summed E-state index contributed by atoms with van der Waals surface area (Å²) in [6.07, 6.45) is -4.95.